The van der Waals surface area contributed by atoms with E-state index in [0.717, 1.165) is 25.3 Å². The second-order valence-electron chi connectivity index (χ2n) is 8.02. The molecule has 2 rings (SSSR count). The number of ether oxygens (including phenoxy) is 2. The number of pyridine rings is 1. The van der Waals surface area contributed by atoms with Gasteiger partial charge in [0.25, 0.3) is 0 Å². The largest absolute Gasteiger partial charge is 0.461 e. The molecule has 0 bridgehead atoms. The van der Waals surface area contributed by atoms with Crippen LogP contribution in [0.15, 0.2) is 36.4 Å². The Morgan fingerprint density at radius 2 is 1.36 bits per heavy atom. The van der Waals surface area contributed by atoms with Crippen molar-refractivity contribution in [2.24, 2.45) is 0 Å². The van der Waals surface area contributed by atoms with Crippen LogP contribution in [0.3, 0.4) is 0 Å². The summed E-state index contributed by atoms with van der Waals surface area (Å²) in [4.78, 5) is 28.5. The van der Waals surface area contributed by atoms with Crippen LogP contribution in [0.4, 0.5) is 4.39 Å². The first-order valence-corrected chi connectivity index (χ1v) is 12.2. The lowest BCUT2D eigenvalue weighted by molar-refractivity contribution is 0.0490. The number of halogens is 2. The number of para-hydroxylation sites is 1. The van der Waals surface area contributed by atoms with Crippen molar-refractivity contribution in [3.8, 4) is 5.75 Å². The zero-order valence-electron chi connectivity index (χ0n) is 19.3. The molecule has 0 fully saturated rings. The molecular formula is C26H33ClFNO4. The molecule has 0 spiro atoms. The molecule has 2 aromatic rings. The fourth-order valence-corrected chi connectivity index (χ4v) is 3.59. The van der Waals surface area contributed by atoms with E-state index >= 15 is 0 Å². The SMILES string of the molecule is CCCCCCCCCCCCCOC(=O)c1cccc(C(=O)Oc2c(F)cccc2Cl)n1. The lowest BCUT2D eigenvalue weighted by atomic mass is 10.1. The number of hydrogen-bond donors (Lipinski definition) is 0. The maximum atomic E-state index is 13.8. The Bertz CT molecular complexity index is 870. The van der Waals surface area contributed by atoms with E-state index in [1.165, 1.54) is 81.7 Å². The predicted octanol–water partition coefficient (Wildman–Crippen LogP) is 7.56. The van der Waals surface area contributed by atoms with E-state index in [1.807, 2.05) is 0 Å². The van der Waals surface area contributed by atoms with Crippen LogP contribution in [0.5, 0.6) is 5.75 Å². The van der Waals surface area contributed by atoms with E-state index in [0.29, 0.717) is 6.61 Å². The summed E-state index contributed by atoms with van der Waals surface area (Å²) >= 11 is 5.87. The summed E-state index contributed by atoms with van der Waals surface area (Å²) < 4.78 is 24.1. The number of nitrogens with zero attached hydrogens (tertiary/aromatic N) is 1. The van der Waals surface area contributed by atoms with Gasteiger partial charge in [-0.15, -0.1) is 0 Å². The van der Waals surface area contributed by atoms with E-state index in [-0.39, 0.29) is 22.2 Å². The standard InChI is InChI=1S/C26H33ClFNO4/c1-2-3-4-5-6-7-8-9-10-11-12-19-32-25(30)22-17-14-18-23(29-22)26(31)33-24-20(27)15-13-16-21(24)28/h13-18H,2-12,19H2,1H3. The number of hydrogen-bond acceptors (Lipinski definition) is 5. The van der Waals surface area contributed by atoms with Gasteiger partial charge in [-0.1, -0.05) is 94.9 Å². The molecular weight excluding hydrogens is 445 g/mol. The summed E-state index contributed by atoms with van der Waals surface area (Å²) in [5, 5.41) is -0.0362. The Kier molecular flexibility index (Phi) is 12.5. The summed E-state index contributed by atoms with van der Waals surface area (Å²) in [6.45, 7) is 2.53. The summed E-state index contributed by atoms with van der Waals surface area (Å²) in [5.41, 5.74) is -0.148. The number of rotatable bonds is 15. The highest BCUT2D eigenvalue weighted by atomic mass is 35.5. The normalized spacial score (nSPS) is 10.8. The Morgan fingerprint density at radius 1 is 0.818 bits per heavy atom. The van der Waals surface area contributed by atoms with Crippen molar-refractivity contribution >= 4 is 23.5 Å². The van der Waals surface area contributed by atoms with Gasteiger partial charge in [0.15, 0.2) is 11.6 Å². The van der Waals surface area contributed by atoms with Crippen LogP contribution >= 0.6 is 11.6 Å². The van der Waals surface area contributed by atoms with Crippen LogP contribution in [-0.2, 0) is 4.74 Å². The van der Waals surface area contributed by atoms with E-state index < -0.39 is 17.8 Å². The molecule has 0 radical (unpaired) electrons. The molecule has 1 heterocycles. The molecule has 1 aromatic carbocycles. The Labute approximate surface area is 200 Å². The van der Waals surface area contributed by atoms with Gasteiger partial charge in [-0.2, -0.15) is 0 Å². The quantitative estimate of drug-likeness (QED) is 0.150. The van der Waals surface area contributed by atoms with E-state index in [1.54, 1.807) is 0 Å². The highest BCUT2D eigenvalue weighted by Gasteiger charge is 2.18. The van der Waals surface area contributed by atoms with Crippen molar-refractivity contribution in [3.05, 3.63) is 58.6 Å². The monoisotopic (exact) mass is 477 g/mol. The summed E-state index contributed by atoms with van der Waals surface area (Å²) in [6, 6.07) is 8.26. The van der Waals surface area contributed by atoms with Crippen LogP contribution in [-0.4, -0.2) is 23.5 Å². The third kappa shape index (κ3) is 9.91. The first-order chi connectivity index (χ1) is 16.0. The van der Waals surface area contributed by atoms with Crippen molar-refractivity contribution in [2.45, 2.75) is 77.6 Å². The van der Waals surface area contributed by atoms with Gasteiger partial charge in [0.1, 0.15) is 11.4 Å². The van der Waals surface area contributed by atoms with Crippen LogP contribution in [0.25, 0.3) is 0 Å². The van der Waals surface area contributed by atoms with Gasteiger partial charge < -0.3 is 9.47 Å². The van der Waals surface area contributed by atoms with Gasteiger partial charge in [-0.25, -0.2) is 19.0 Å². The zero-order valence-corrected chi connectivity index (χ0v) is 20.0. The third-order valence-electron chi connectivity index (χ3n) is 5.26. The molecule has 0 amide bonds. The highest BCUT2D eigenvalue weighted by molar-refractivity contribution is 6.32. The lowest BCUT2D eigenvalue weighted by Gasteiger charge is -2.08. The smallest absolute Gasteiger partial charge is 0.362 e. The molecule has 0 aliphatic carbocycles. The van der Waals surface area contributed by atoms with Gasteiger partial charge >= 0.3 is 11.9 Å². The van der Waals surface area contributed by atoms with Crippen LogP contribution in [0.1, 0.15) is 98.5 Å². The first-order valence-electron chi connectivity index (χ1n) is 11.8. The van der Waals surface area contributed by atoms with Gasteiger partial charge in [0.2, 0.25) is 0 Å². The van der Waals surface area contributed by atoms with Crippen molar-refractivity contribution in [1.29, 1.82) is 0 Å². The minimum absolute atomic E-state index is 0.00727. The van der Waals surface area contributed by atoms with Crippen molar-refractivity contribution < 1.29 is 23.5 Å². The predicted molar refractivity (Wildman–Crippen MR) is 127 cm³/mol. The second-order valence-corrected chi connectivity index (χ2v) is 8.43. The van der Waals surface area contributed by atoms with Gasteiger partial charge in [-0.05, 0) is 30.7 Å². The van der Waals surface area contributed by atoms with E-state index in [9.17, 15) is 14.0 Å². The molecule has 7 heteroatoms. The molecule has 5 nitrogen and oxygen atoms in total. The minimum atomic E-state index is -0.915. The van der Waals surface area contributed by atoms with E-state index in [4.69, 9.17) is 21.1 Å². The number of aromatic nitrogens is 1. The minimum Gasteiger partial charge on any atom is -0.461 e. The molecule has 1 aromatic heterocycles. The first kappa shape index (κ1) is 26.8. The maximum Gasteiger partial charge on any atom is 0.362 e. The molecule has 33 heavy (non-hydrogen) atoms. The second kappa shape index (κ2) is 15.4. The summed E-state index contributed by atoms with van der Waals surface area (Å²) in [5.74, 6) is -2.67. The number of carbonyl (C=O) groups excluding carboxylic acids is 2. The highest BCUT2D eigenvalue weighted by Crippen LogP contribution is 2.27. The molecule has 180 valence electrons. The Morgan fingerprint density at radius 3 is 1.97 bits per heavy atom. The Hall–Kier alpha value is -2.47. The lowest BCUT2D eigenvalue weighted by Crippen LogP contribution is -2.15. The Balaban J connectivity index is 1.67. The van der Waals surface area contributed by atoms with Crippen molar-refractivity contribution in [2.75, 3.05) is 6.61 Å². The van der Waals surface area contributed by atoms with Crippen LogP contribution < -0.4 is 4.74 Å². The average molecular weight is 478 g/mol. The maximum absolute atomic E-state index is 13.8. The fourth-order valence-electron chi connectivity index (χ4n) is 3.39. The van der Waals surface area contributed by atoms with Gasteiger partial charge in [0, 0.05) is 0 Å². The molecule has 0 atom stereocenters. The summed E-state index contributed by atoms with van der Waals surface area (Å²) in [7, 11) is 0. The van der Waals surface area contributed by atoms with Gasteiger partial charge in [0.05, 0.1) is 11.6 Å². The molecule has 0 aliphatic heterocycles. The number of unbranched alkanes of at least 4 members (excludes halogenated alkanes) is 10. The number of benzene rings is 1. The third-order valence-corrected chi connectivity index (χ3v) is 5.56. The van der Waals surface area contributed by atoms with Crippen LogP contribution in [0, 0.1) is 5.82 Å². The fraction of sp³-hybridized carbons (Fsp3) is 0.500. The number of carbonyl (C=O) groups is 2. The van der Waals surface area contributed by atoms with Crippen LogP contribution in [0.2, 0.25) is 5.02 Å². The van der Waals surface area contributed by atoms with E-state index in [2.05, 4.69) is 11.9 Å². The van der Waals surface area contributed by atoms with Gasteiger partial charge in [-0.3, -0.25) is 0 Å². The molecule has 0 aliphatic rings. The zero-order chi connectivity index (χ0) is 23.9. The average Bonchev–Trinajstić information content (AvgIpc) is 2.82. The molecule has 0 saturated carbocycles. The summed E-state index contributed by atoms with van der Waals surface area (Å²) in [6.07, 6.45) is 13.3. The molecule has 0 saturated heterocycles. The van der Waals surface area contributed by atoms with Crippen molar-refractivity contribution in [1.82, 2.24) is 4.98 Å². The molecule has 0 unspecified atom stereocenters. The topological polar surface area (TPSA) is 65.5 Å². The molecule has 0 N–H and O–H groups in total. The number of esters is 2. The van der Waals surface area contributed by atoms with Crippen molar-refractivity contribution in [3.63, 3.8) is 0 Å².